The third-order valence-corrected chi connectivity index (χ3v) is 2.39. The summed E-state index contributed by atoms with van der Waals surface area (Å²) in [5.74, 6) is -1.29. The highest BCUT2D eigenvalue weighted by molar-refractivity contribution is 5.31. The van der Waals surface area contributed by atoms with Gasteiger partial charge in [-0.2, -0.15) is 13.2 Å². The Morgan fingerprint density at radius 2 is 1.84 bits per heavy atom. The summed E-state index contributed by atoms with van der Waals surface area (Å²) in [7, 11) is 0. The molecule has 1 unspecified atom stereocenters. The fraction of sp³-hybridized carbons (Fsp3) is 0.538. The van der Waals surface area contributed by atoms with Crippen LogP contribution in [0.15, 0.2) is 18.2 Å². The molecule has 0 fully saturated rings. The number of ether oxygens (including phenoxy) is 1. The van der Waals surface area contributed by atoms with Gasteiger partial charge in [-0.15, -0.1) is 0 Å². The van der Waals surface area contributed by atoms with E-state index in [0.29, 0.717) is 12.6 Å². The quantitative estimate of drug-likeness (QED) is 0.831. The van der Waals surface area contributed by atoms with E-state index < -0.39 is 17.6 Å². The Kier molecular flexibility index (Phi) is 5.17. The van der Waals surface area contributed by atoms with Crippen LogP contribution in [-0.4, -0.2) is 18.7 Å². The molecule has 1 aromatic rings. The molecule has 1 atom stereocenters. The van der Waals surface area contributed by atoms with Crippen LogP contribution < -0.4 is 10.1 Å². The van der Waals surface area contributed by atoms with Crippen LogP contribution in [0.5, 0.6) is 5.75 Å². The summed E-state index contributed by atoms with van der Waals surface area (Å²) in [5, 5.41) is 3.10. The van der Waals surface area contributed by atoms with Gasteiger partial charge in [-0.1, -0.05) is 13.8 Å². The molecule has 6 heteroatoms. The number of hydrogen-bond acceptors (Lipinski definition) is 2. The number of nitrogens with one attached hydrogen (secondary N) is 1. The molecule has 0 saturated carbocycles. The smallest absolute Gasteiger partial charge is 0.419 e. The van der Waals surface area contributed by atoms with E-state index in [1.54, 1.807) is 6.92 Å². The maximum absolute atomic E-state index is 13.1. The van der Waals surface area contributed by atoms with Crippen molar-refractivity contribution in [2.24, 2.45) is 0 Å². The molecular weight excluding hydrogens is 262 g/mol. The maximum atomic E-state index is 13.1. The summed E-state index contributed by atoms with van der Waals surface area (Å²) in [6.07, 6.45) is -5.03. The fourth-order valence-electron chi connectivity index (χ4n) is 1.47. The van der Waals surface area contributed by atoms with Crippen LogP contribution in [0.2, 0.25) is 0 Å². The van der Waals surface area contributed by atoms with E-state index in [9.17, 15) is 17.6 Å². The van der Waals surface area contributed by atoms with Crippen molar-refractivity contribution in [2.45, 2.75) is 39.1 Å². The van der Waals surface area contributed by atoms with Gasteiger partial charge in [-0.25, -0.2) is 4.39 Å². The van der Waals surface area contributed by atoms with Crippen molar-refractivity contribution in [3.8, 4) is 5.75 Å². The van der Waals surface area contributed by atoms with Gasteiger partial charge >= 0.3 is 6.18 Å². The maximum Gasteiger partial charge on any atom is 0.419 e. The van der Waals surface area contributed by atoms with Gasteiger partial charge < -0.3 is 10.1 Å². The number of alkyl halides is 3. The third kappa shape index (κ3) is 5.06. The Morgan fingerprint density at radius 1 is 1.21 bits per heavy atom. The second kappa shape index (κ2) is 6.23. The summed E-state index contributed by atoms with van der Waals surface area (Å²) >= 11 is 0. The summed E-state index contributed by atoms with van der Waals surface area (Å²) < 4.78 is 55.9. The average molecular weight is 279 g/mol. The van der Waals surface area contributed by atoms with Crippen molar-refractivity contribution >= 4 is 0 Å². The minimum Gasteiger partial charge on any atom is -0.489 e. The first-order valence-corrected chi connectivity index (χ1v) is 5.97. The van der Waals surface area contributed by atoms with Gasteiger partial charge in [0.15, 0.2) is 0 Å². The molecule has 0 heterocycles. The van der Waals surface area contributed by atoms with Crippen LogP contribution in [0, 0.1) is 5.82 Å². The first-order valence-electron chi connectivity index (χ1n) is 5.97. The second-order valence-corrected chi connectivity index (χ2v) is 4.63. The highest BCUT2D eigenvalue weighted by atomic mass is 19.4. The monoisotopic (exact) mass is 279 g/mol. The Morgan fingerprint density at radius 3 is 2.37 bits per heavy atom. The van der Waals surface area contributed by atoms with Gasteiger partial charge in [0.2, 0.25) is 0 Å². The molecule has 0 spiro atoms. The summed E-state index contributed by atoms with van der Waals surface area (Å²) in [4.78, 5) is 0. The molecule has 19 heavy (non-hydrogen) atoms. The van der Waals surface area contributed by atoms with Gasteiger partial charge in [0, 0.05) is 12.6 Å². The van der Waals surface area contributed by atoms with Crippen LogP contribution in [-0.2, 0) is 6.18 Å². The number of hydrogen-bond donors (Lipinski definition) is 1. The molecule has 1 aromatic carbocycles. The van der Waals surface area contributed by atoms with E-state index in [1.165, 1.54) is 6.07 Å². The highest BCUT2D eigenvalue weighted by Crippen LogP contribution is 2.33. The molecule has 0 aliphatic rings. The summed E-state index contributed by atoms with van der Waals surface area (Å²) in [5.41, 5.74) is -1.31. The van der Waals surface area contributed by atoms with Crippen molar-refractivity contribution in [1.82, 2.24) is 5.32 Å². The molecule has 1 rings (SSSR count). The molecule has 0 saturated heterocycles. The minimum absolute atomic E-state index is 0.00628. The SMILES string of the molecule is CC(C)NCC(C)Oc1ccc(F)c(C(F)(F)F)c1. The lowest BCUT2D eigenvalue weighted by atomic mass is 10.2. The first kappa shape index (κ1) is 15.8. The lowest BCUT2D eigenvalue weighted by Crippen LogP contribution is -2.33. The topological polar surface area (TPSA) is 21.3 Å². The number of halogens is 4. The Balaban J connectivity index is 2.75. The van der Waals surface area contributed by atoms with Crippen LogP contribution in [0.3, 0.4) is 0 Å². The van der Waals surface area contributed by atoms with E-state index in [2.05, 4.69) is 5.32 Å². The fourth-order valence-corrected chi connectivity index (χ4v) is 1.47. The lowest BCUT2D eigenvalue weighted by Gasteiger charge is -2.18. The molecule has 0 aliphatic carbocycles. The lowest BCUT2D eigenvalue weighted by molar-refractivity contribution is -0.140. The molecule has 0 bridgehead atoms. The molecular formula is C13H17F4NO. The Labute approximate surface area is 109 Å². The van der Waals surface area contributed by atoms with Crippen molar-refractivity contribution in [3.05, 3.63) is 29.6 Å². The molecule has 0 aromatic heterocycles. The first-order chi connectivity index (χ1) is 8.70. The predicted octanol–water partition coefficient (Wildman–Crippen LogP) is 3.61. The van der Waals surface area contributed by atoms with Gasteiger partial charge in [-0.3, -0.25) is 0 Å². The molecule has 0 amide bonds. The van der Waals surface area contributed by atoms with E-state index in [0.717, 1.165) is 6.07 Å². The summed E-state index contributed by atoms with van der Waals surface area (Å²) in [6, 6.07) is 2.89. The van der Waals surface area contributed by atoms with Crippen molar-refractivity contribution in [1.29, 1.82) is 0 Å². The van der Waals surface area contributed by atoms with E-state index in [1.807, 2.05) is 13.8 Å². The van der Waals surface area contributed by atoms with Crippen molar-refractivity contribution < 1.29 is 22.3 Å². The van der Waals surface area contributed by atoms with Gasteiger partial charge in [0.25, 0.3) is 0 Å². The zero-order valence-corrected chi connectivity index (χ0v) is 11.0. The van der Waals surface area contributed by atoms with E-state index in [-0.39, 0.29) is 17.9 Å². The van der Waals surface area contributed by atoms with Gasteiger partial charge in [-0.05, 0) is 25.1 Å². The van der Waals surface area contributed by atoms with Crippen LogP contribution in [0.4, 0.5) is 17.6 Å². The van der Waals surface area contributed by atoms with Crippen molar-refractivity contribution in [2.75, 3.05) is 6.54 Å². The summed E-state index contributed by atoms with van der Waals surface area (Å²) in [6.45, 7) is 6.13. The molecule has 108 valence electrons. The van der Waals surface area contributed by atoms with Crippen molar-refractivity contribution in [3.63, 3.8) is 0 Å². The standard InChI is InChI=1S/C13H17F4NO/c1-8(2)18-7-9(3)19-10-4-5-12(14)11(6-10)13(15,16)17/h4-6,8-9,18H,7H2,1-3H3. The molecule has 1 N–H and O–H groups in total. The van der Waals surface area contributed by atoms with Crippen LogP contribution in [0.1, 0.15) is 26.3 Å². The normalized spacial score (nSPS) is 13.7. The molecule has 2 nitrogen and oxygen atoms in total. The zero-order chi connectivity index (χ0) is 14.6. The van der Waals surface area contributed by atoms with Crippen LogP contribution >= 0.6 is 0 Å². The van der Waals surface area contributed by atoms with Crippen LogP contribution in [0.25, 0.3) is 0 Å². The Hall–Kier alpha value is -1.30. The molecule has 0 radical (unpaired) electrons. The van der Waals surface area contributed by atoms with Gasteiger partial charge in [0.05, 0.1) is 5.56 Å². The number of benzene rings is 1. The minimum atomic E-state index is -4.72. The van der Waals surface area contributed by atoms with Gasteiger partial charge in [0.1, 0.15) is 17.7 Å². The number of rotatable bonds is 5. The van der Waals surface area contributed by atoms with E-state index >= 15 is 0 Å². The second-order valence-electron chi connectivity index (χ2n) is 4.63. The Bertz CT molecular complexity index is 418. The predicted molar refractivity (Wildman–Crippen MR) is 64.6 cm³/mol. The molecule has 0 aliphatic heterocycles. The highest BCUT2D eigenvalue weighted by Gasteiger charge is 2.34. The van der Waals surface area contributed by atoms with E-state index in [4.69, 9.17) is 4.74 Å². The zero-order valence-electron chi connectivity index (χ0n) is 11.0. The third-order valence-electron chi connectivity index (χ3n) is 2.39. The largest absolute Gasteiger partial charge is 0.489 e. The average Bonchev–Trinajstić information content (AvgIpc) is 2.27.